The average molecular weight is 209 g/mol. The van der Waals surface area contributed by atoms with Gasteiger partial charge in [0.15, 0.2) is 0 Å². The number of hydrogen-bond donors (Lipinski definition) is 2. The molecule has 1 rings (SSSR count). The number of hydrogen-bond acceptors (Lipinski definition) is 2. The Kier molecular flexibility index (Phi) is 5.95. The van der Waals surface area contributed by atoms with Crippen LogP contribution in [0, 0.1) is 13.8 Å². The molecular formula is C8H14Cl2N2. The van der Waals surface area contributed by atoms with Gasteiger partial charge >= 0.3 is 0 Å². The molecule has 4 N–H and O–H groups in total. The van der Waals surface area contributed by atoms with Gasteiger partial charge in [0.25, 0.3) is 0 Å². The van der Waals surface area contributed by atoms with Crippen molar-refractivity contribution in [2.75, 3.05) is 11.5 Å². The summed E-state index contributed by atoms with van der Waals surface area (Å²) in [6.45, 7) is 3.95. The van der Waals surface area contributed by atoms with Gasteiger partial charge in [0.05, 0.1) is 0 Å². The number of benzene rings is 1. The second kappa shape index (κ2) is 5.12. The maximum absolute atomic E-state index is 5.63. The molecule has 0 aromatic heterocycles. The van der Waals surface area contributed by atoms with Crippen LogP contribution in [0.25, 0.3) is 0 Å². The van der Waals surface area contributed by atoms with Crippen molar-refractivity contribution in [2.45, 2.75) is 13.8 Å². The molecule has 0 radical (unpaired) electrons. The lowest BCUT2D eigenvalue weighted by Gasteiger charge is -2.05. The lowest BCUT2D eigenvalue weighted by atomic mass is 10.1. The Balaban J connectivity index is 0. The molecule has 0 aliphatic rings. The molecule has 4 heteroatoms. The first-order chi connectivity index (χ1) is 4.63. The van der Waals surface area contributed by atoms with Crippen molar-refractivity contribution in [1.29, 1.82) is 0 Å². The summed E-state index contributed by atoms with van der Waals surface area (Å²) in [7, 11) is 0. The Labute approximate surface area is 85.1 Å². The Bertz CT molecular complexity index is 234. The molecule has 0 amide bonds. The fourth-order valence-corrected chi connectivity index (χ4v) is 0.863. The molecule has 12 heavy (non-hydrogen) atoms. The zero-order chi connectivity index (χ0) is 7.72. The molecule has 0 aliphatic heterocycles. The van der Waals surface area contributed by atoms with Gasteiger partial charge in [-0.2, -0.15) is 0 Å². The normalized spacial score (nSPS) is 8.17. The monoisotopic (exact) mass is 208 g/mol. The van der Waals surface area contributed by atoms with Crippen LogP contribution in [0.2, 0.25) is 0 Å². The van der Waals surface area contributed by atoms with Crippen molar-refractivity contribution < 1.29 is 0 Å². The van der Waals surface area contributed by atoms with Crippen molar-refractivity contribution in [3.8, 4) is 0 Å². The van der Waals surface area contributed by atoms with Gasteiger partial charge in [0.1, 0.15) is 0 Å². The van der Waals surface area contributed by atoms with Crippen LogP contribution in [-0.4, -0.2) is 0 Å². The van der Waals surface area contributed by atoms with Crippen LogP contribution in [0.3, 0.4) is 0 Å². The number of nitrogens with two attached hydrogens (primary N) is 2. The molecule has 0 fully saturated rings. The maximum Gasteiger partial charge on any atom is 0.0347 e. The zero-order valence-corrected chi connectivity index (χ0v) is 8.76. The fraction of sp³-hybridized carbons (Fsp3) is 0.250. The van der Waals surface area contributed by atoms with Gasteiger partial charge in [-0.3, -0.25) is 0 Å². The predicted octanol–water partition coefficient (Wildman–Crippen LogP) is 2.31. The molecule has 0 heterocycles. The van der Waals surface area contributed by atoms with E-state index in [2.05, 4.69) is 0 Å². The van der Waals surface area contributed by atoms with Gasteiger partial charge in [0.2, 0.25) is 0 Å². The van der Waals surface area contributed by atoms with Gasteiger partial charge in [-0.15, -0.1) is 24.8 Å². The first-order valence-electron chi connectivity index (χ1n) is 3.24. The number of rotatable bonds is 0. The van der Waals surface area contributed by atoms with E-state index in [1.807, 2.05) is 26.0 Å². The molecule has 0 saturated heterocycles. The first-order valence-corrected chi connectivity index (χ1v) is 3.24. The van der Waals surface area contributed by atoms with Crippen LogP contribution in [-0.2, 0) is 0 Å². The predicted molar refractivity (Wildman–Crippen MR) is 59.2 cm³/mol. The van der Waals surface area contributed by atoms with Crippen molar-refractivity contribution in [3.63, 3.8) is 0 Å². The molecule has 0 unspecified atom stereocenters. The van der Waals surface area contributed by atoms with Crippen molar-refractivity contribution >= 4 is 36.2 Å². The van der Waals surface area contributed by atoms with Gasteiger partial charge in [-0.1, -0.05) is 0 Å². The van der Waals surface area contributed by atoms with E-state index in [0.29, 0.717) is 0 Å². The van der Waals surface area contributed by atoms with Crippen LogP contribution in [0.15, 0.2) is 12.1 Å². The molecule has 1 aromatic carbocycles. The van der Waals surface area contributed by atoms with E-state index in [0.717, 1.165) is 22.5 Å². The van der Waals surface area contributed by atoms with E-state index in [9.17, 15) is 0 Å². The molecule has 0 atom stereocenters. The summed E-state index contributed by atoms with van der Waals surface area (Å²) >= 11 is 0. The molecular weight excluding hydrogens is 195 g/mol. The minimum atomic E-state index is 0. The second-order valence-electron chi connectivity index (χ2n) is 2.49. The van der Waals surface area contributed by atoms with E-state index in [1.54, 1.807) is 0 Å². The van der Waals surface area contributed by atoms with E-state index in [1.165, 1.54) is 0 Å². The second-order valence-corrected chi connectivity index (χ2v) is 2.49. The SMILES string of the molecule is Cc1c(N)ccc(N)c1C.Cl.Cl. The highest BCUT2D eigenvalue weighted by Crippen LogP contribution is 2.20. The molecule has 0 spiro atoms. The first kappa shape index (κ1) is 14.0. The van der Waals surface area contributed by atoms with Crippen molar-refractivity contribution in [1.82, 2.24) is 0 Å². The Morgan fingerprint density at radius 2 is 1.08 bits per heavy atom. The third-order valence-electron chi connectivity index (χ3n) is 1.87. The van der Waals surface area contributed by atoms with Gasteiger partial charge in [-0.05, 0) is 37.1 Å². The summed E-state index contributed by atoms with van der Waals surface area (Å²) in [5, 5.41) is 0. The summed E-state index contributed by atoms with van der Waals surface area (Å²) in [5.74, 6) is 0. The summed E-state index contributed by atoms with van der Waals surface area (Å²) in [6, 6.07) is 3.66. The van der Waals surface area contributed by atoms with Crippen LogP contribution >= 0.6 is 24.8 Å². The lowest BCUT2D eigenvalue weighted by Crippen LogP contribution is -1.96. The standard InChI is InChI=1S/C8H12N2.2ClH/c1-5-6(2)8(10)4-3-7(5)9;;/h3-4H,9-10H2,1-2H3;2*1H. The van der Waals surface area contributed by atoms with Crippen LogP contribution < -0.4 is 11.5 Å². The zero-order valence-electron chi connectivity index (χ0n) is 7.13. The molecule has 0 saturated carbocycles. The number of anilines is 2. The van der Waals surface area contributed by atoms with E-state index < -0.39 is 0 Å². The highest BCUT2D eigenvalue weighted by Gasteiger charge is 1.98. The Morgan fingerprint density at radius 3 is 1.33 bits per heavy atom. The van der Waals surface area contributed by atoms with E-state index >= 15 is 0 Å². The summed E-state index contributed by atoms with van der Waals surface area (Å²) in [4.78, 5) is 0. The topological polar surface area (TPSA) is 52.0 Å². The lowest BCUT2D eigenvalue weighted by molar-refractivity contribution is 1.35. The van der Waals surface area contributed by atoms with Crippen LogP contribution in [0.1, 0.15) is 11.1 Å². The third-order valence-corrected chi connectivity index (χ3v) is 1.87. The van der Waals surface area contributed by atoms with Gasteiger partial charge in [-0.25, -0.2) is 0 Å². The summed E-state index contributed by atoms with van der Waals surface area (Å²) < 4.78 is 0. The Morgan fingerprint density at radius 1 is 0.833 bits per heavy atom. The molecule has 1 aromatic rings. The average Bonchev–Trinajstić information content (AvgIpc) is 1.93. The largest absolute Gasteiger partial charge is 0.399 e. The minimum absolute atomic E-state index is 0. The quantitative estimate of drug-likeness (QED) is 0.644. The fourth-order valence-electron chi connectivity index (χ4n) is 0.863. The highest BCUT2D eigenvalue weighted by molar-refractivity contribution is 5.85. The molecule has 2 nitrogen and oxygen atoms in total. The van der Waals surface area contributed by atoms with Crippen LogP contribution in [0.4, 0.5) is 11.4 Å². The summed E-state index contributed by atoms with van der Waals surface area (Å²) in [6.07, 6.45) is 0. The van der Waals surface area contributed by atoms with Crippen molar-refractivity contribution in [3.05, 3.63) is 23.3 Å². The van der Waals surface area contributed by atoms with Crippen molar-refractivity contribution in [2.24, 2.45) is 0 Å². The van der Waals surface area contributed by atoms with Crippen LogP contribution in [0.5, 0.6) is 0 Å². The summed E-state index contributed by atoms with van der Waals surface area (Å²) in [5.41, 5.74) is 15.1. The third kappa shape index (κ3) is 2.47. The number of halogens is 2. The highest BCUT2D eigenvalue weighted by atomic mass is 35.5. The smallest absolute Gasteiger partial charge is 0.0347 e. The Hall–Kier alpha value is -0.600. The molecule has 0 bridgehead atoms. The maximum atomic E-state index is 5.63. The number of nitrogen functional groups attached to an aromatic ring is 2. The minimum Gasteiger partial charge on any atom is -0.399 e. The molecule has 0 aliphatic carbocycles. The van der Waals surface area contributed by atoms with E-state index in [4.69, 9.17) is 11.5 Å². The van der Waals surface area contributed by atoms with E-state index in [-0.39, 0.29) is 24.8 Å². The molecule has 70 valence electrons. The van der Waals surface area contributed by atoms with Gasteiger partial charge < -0.3 is 11.5 Å². The van der Waals surface area contributed by atoms with Gasteiger partial charge in [0, 0.05) is 11.4 Å².